The van der Waals surface area contributed by atoms with Crippen LogP contribution in [0.25, 0.3) is 0 Å². The van der Waals surface area contributed by atoms with Crippen LogP contribution >= 0.6 is 0 Å². The molecule has 0 amide bonds. The van der Waals surface area contributed by atoms with Gasteiger partial charge in [-0.15, -0.1) is 6.58 Å². The maximum Gasteiger partial charge on any atom is 0.160 e. The molecule has 0 fully saturated rings. The van der Waals surface area contributed by atoms with Crippen molar-refractivity contribution in [2.45, 2.75) is 0 Å². The Hall–Kier alpha value is -1.18. The van der Waals surface area contributed by atoms with E-state index in [1.54, 1.807) is 6.26 Å². The largest absolute Gasteiger partial charge is 0.481 e. The Balaban J connectivity index is 2.39. The Kier molecular flexibility index (Phi) is 2.62. The van der Waals surface area contributed by atoms with E-state index >= 15 is 0 Å². The number of nitrogens with zero attached hydrogens (tertiary/aromatic N) is 1. The lowest BCUT2D eigenvalue weighted by atomic mass is 10.5. The number of hydrogen-bond donors (Lipinski definition) is 0. The van der Waals surface area contributed by atoms with Gasteiger partial charge in [0.25, 0.3) is 0 Å². The van der Waals surface area contributed by atoms with E-state index in [0.29, 0.717) is 6.73 Å². The van der Waals surface area contributed by atoms with Gasteiger partial charge in [0.1, 0.15) is 0 Å². The number of hydrogen-bond acceptors (Lipinski definition) is 2. The zero-order chi connectivity index (χ0) is 7.23. The fourth-order valence-corrected chi connectivity index (χ4v) is 0.734. The molecule has 2 heteroatoms. The fourth-order valence-electron chi connectivity index (χ4n) is 0.734. The second-order valence-corrected chi connectivity index (χ2v) is 2.03. The third-order valence-corrected chi connectivity index (χ3v) is 1.19. The molecule has 0 aromatic heterocycles. The summed E-state index contributed by atoms with van der Waals surface area (Å²) in [5, 5.41) is 0. The van der Waals surface area contributed by atoms with Crippen LogP contribution in [0.4, 0.5) is 0 Å². The van der Waals surface area contributed by atoms with Gasteiger partial charge in [-0.05, 0) is 12.2 Å². The summed E-state index contributed by atoms with van der Waals surface area (Å²) in [7, 11) is 0. The maximum absolute atomic E-state index is 5.09. The van der Waals surface area contributed by atoms with Gasteiger partial charge in [0.2, 0.25) is 0 Å². The predicted octanol–water partition coefficient (Wildman–Crippen LogP) is 1.49. The van der Waals surface area contributed by atoms with Crippen molar-refractivity contribution >= 4 is 0 Å². The van der Waals surface area contributed by atoms with Gasteiger partial charge in [0.05, 0.1) is 6.26 Å². The topological polar surface area (TPSA) is 12.5 Å². The zero-order valence-electron chi connectivity index (χ0n) is 5.86. The van der Waals surface area contributed by atoms with Crippen molar-refractivity contribution in [2.24, 2.45) is 0 Å². The molecule has 0 saturated heterocycles. The summed E-state index contributed by atoms with van der Waals surface area (Å²) in [6.45, 7) is 5.08. The summed E-state index contributed by atoms with van der Waals surface area (Å²) >= 11 is 0. The average molecular weight is 137 g/mol. The molecule has 0 aromatic carbocycles. The molecule has 0 radical (unpaired) electrons. The first kappa shape index (κ1) is 6.93. The fraction of sp³-hybridized carbons (Fsp3) is 0.250. The molecule has 0 aliphatic carbocycles. The quantitative estimate of drug-likeness (QED) is 0.535. The van der Waals surface area contributed by atoms with E-state index in [-0.39, 0.29) is 0 Å². The minimum absolute atomic E-state index is 0.610. The second kappa shape index (κ2) is 3.77. The standard InChI is InChI=1S/C8H11NO/c1-2-5-9-6-3-4-7-10-8-9/h2-4,6-7H,1,5,8H2. The van der Waals surface area contributed by atoms with Crippen LogP contribution < -0.4 is 0 Å². The molecule has 0 atom stereocenters. The van der Waals surface area contributed by atoms with Crippen molar-refractivity contribution in [2.75, 3.05) is 13.3 Å². The van der Waals surface area contributed by atoms with E-state index in [1.165, 1.54) is 0 Å². The molecule has 0 N–H and O–H groups in total. The Bertz CT molecular complexity index is 161. The van der Waals surface area contributed by atoms with Gasteiger partial charge in [-0.2, -0.15) is 0 Å². The molecule has 1 rings (SSSR count). The monoisotopic (exact) mass is 137 g/mol. The number of allylic oxidation sites excluding steroid dienone is 2. The van der Waals surface area contributed by atoms with Crippen molar-refractivity contribution in [1.82, 2.24) is 4.90 Å². The van der Waals surface area contributed by atoms with Crippen LogP contribution in [-0.2, 0) is 4.74 Å². The normalized spacial score (nSPS) is 16.2. The lowest BCUT2D eigenvalue weighted by Crippen LogP contribution is -2.18. The first-order valence-electron chi connectivity index (χ1n) is 3.23. The summed E-state index contributed by atoms with van der Waals surface area (Å²) in [6, 6.07) is 0. The van der Waals surface area contributed by atoms with E-state index in [0.717, 1.165) is 6.54 Å². The molecule has 2 nitrogen and oxygen atoms in total. The first-order chi connectivity index (χ1) is 4.93. The van der Waals surface area contributed by atoms with Gasteiger partial charge >= 0.3 is 0 Å². The van der Waals surface area contributed by atoms with Crippen molar-refractivity contribution in [3.63, 3.8) is 0 Å². The number of rotatable bonds is 2. The summed E-state index contributed by atoms with van der Waals surface area (Å²) in [5.41, 5.74) is 0. The van der Waals surface area contributed by atoms with Crippen molar-refractivity contribution in [3.8, 4) is 0 Å². The maximum atomic E-state index is 5.09. The molecule has 0 saturated carbocycles. The minimum atomic E-state index is 0.610. The second-order valence-electron chi connectivity index (χ2n) is 2.03. The molecular weight excluding hydrogens is 126 g/mol. The first-order valence-corrected chi connectivity index (χ1v) is 3.23. The van der Waals surface area contributed by atoms with Gasteiger partial charge in [0.15, 0.2) is 6.73 Å². The van der Waals surface area contributed by atoms with Crippen LogP contribution in [0.1, 0.15) is 0 Å². The van der Waals surface area contributed by atoms with Crippen LogP contribution in [0.15, 0.2) is 37.3 Å². The Morgan fingerprint density at radius 1 is 1.60 bits per heavy atom. The summed E-state index contributed by atoms with van der Waals surface area (Å²) in [5.74, 6) is 0. The minimum Gasteiger partial charge on any atom is -0.481 e. The van der Waals surface area contributed by atoms with Gasteiger partial charge in [-0.25, -0.2) is 0 Å². The predicted molar refractivity (Wildman–Crippen MR) is 41.1 cm³/mol. The van der Waals surface area contributed by atoms with E-state index < -0.39 is 0 Å². The lowest BCUT2D eigenvalue weighted by molar-refractivity contribution is 0.141. The molecule has 1 aliphatic heterocycles. The van der Waals surface area contributed by atoms with E-state index in [2.05, 4.69) is 6.58 Å². The molecular formula is C8H11NO. The highest BCUT2D eigenvalue weighted by Gasteiger charge is 1.95. The highest BCUT2D eigenvalue weighted by atomic mass is 16.5. The molecule has 0 unspecified atom stereocenters. The van der Waals surface area contributed by atoms with Crippen molar-refractivity contribution < 1.29 is 4.74 Å². The van der Waals surface area contributed by atoms with Crippen LogP contribution in [0, 0.1) is 0 Å². The van der Waals surface area contributed by atoms with Crippen LogP contribution in [0.2, 0.25) is 0 Å². The smallest absolute Gasteiger partial charge is 0.160 e. The van der Waals surface area contributed by atoms with Gasteiger partial charge in [-0.3, -0.25) is 0 Å². The summed E-state index contributed by atoms with van der Waals surface area (Å²) in [4.78, 5) is 2.02. The van der Waals surface area contributed by atoms with Gasteiger partial charge in [0, 0.05) is 12.7 Å². The van der Waals surface area contributed by atoms with Crippen LogP contribution in [0.3, 0.4) is 0 Å². The molecule has 0 aromatic rings. The van der Waals surface area contributed by atoms with Crippen LogP contribution in [-0.4, -0.2) is 18.2 Å². The number of ether oxygens (including phenoxy) is 1. The zero-order valence-corrected chi connectivity index (χ0v) is 5.86. The van der Waals surface area contributed by atoms with E-state index in [9.17, 15) is 0 Å². The molecule has 0 bridgehead atoms. The summed E-state index contributed by atoms with van der Waals surface area (Å²) < 4.78 is 5.09. The summed E-state index contributed by atoms with van der Waals surface area (Å²) in [6.07, 6.45) is 9.31. The molecule has 0 spiro atoms. The van der Waals surface area contributed by atoms with Gasteiger partial charge < -0.3 is 9.64 Å². The molecule has 1 aliphatic rings. The Morgan fingerprint density at radius 2 is 2.50 bits per heavy atom. The average Bonchev–Trinajstić information content (AvgIpc) is 2.17. The molecule has 10 heavy (non-hydrogen) atoms. The van der Waals surface area contributed by atoms with Crippen molar-refractivity contribution in [3.05, 3.63) is 37.3 Å². The highest BCUT2D eigenvalue weighted by molar-refractivity contribution is 5.01. The molecule has 1 heterocycles. The Labute approximate surface area is 61.1 Å². The highest BCUT2D eigenvalue weighted by Crippen LogP contribution is 1.96. The SMILES string of the molecule is C=CCN1C=CC=COC1. The third-order valence-electron chi connectivity index (χ3n) is 1.19. The lowest BCUT2D eigenvalue weighted by Gasteiger charge is -2.15. The Morgan fingerprint density at radius 3 is 3.30 bits per heavy atom. The third kappa shape index (κ3) is 1.97. The van der Waals surface area contributed by atoms with E-state index in [4.69, 9.17) is 4.74 Å². The van der Waals surface area contributed by atoms with E-state index in [1.807, 2.05) is 29.3 Å². The van der Waals surface area contributed by atoms with Gasteiger partial charge in [-0.1, -0.05) is 6.08 Å². The van der Waals surface area contributed by atoms with Crippen molar-refractivity contribution in [1.29, 1.82) is 0 Å². The van der Waals surface area contributed by atoms with Crippen LogP contribution in [0.5, 0.6) is 0 Å². The molecule has 54 valence electrons.